The molecule has 1 aromatic carbocycles. The lowest BCUT2D eigenvalue weighted by molar-refractivity contribution is 0.496. The van der Waals surface area contributed by atoms with Crippen molar-refractivity contribution in [3.05, 3.63) is 45.7 Å². The summed E-state index contributed by atoms with van der Waals surface area (Å²) in [4.78, 5) is 4.98. The van der Waals surface area contributed by atoms with E-state index in [9.17, 15) is 13.2 Å². The van der Waals surface area contributed by atoms with E-state index in [2.05, 4.69) is 4.98 Å². The van der Waals surface area contributed by atoms with Crippen molar-refractivity contribution >= 4 is 16.5 Å². The molecular formula is C13H11F3N2S. The molecule has 0 aliphatic heterocycles. The maximum atomic E-state index is 13.9. The number of rotatable bonds is 1. The number of anilines is 1. The van der Waals surface area contributed by atoms with Crippen molar-refractivity contribution in [1.29, 1.82) is 0 Å². The Morgan fingerprint density at radius 3 is 2.58 bits per heavy atom. The predicted octanol–water partition coefficient (Wildman–Crippen LogP) is 3.61. The third-order valence-corrected chi connectivity index (χ3v) is 4.40. The highest BCUT2D eigenvalue weighted by molar-refractivity contribution is 7.15. The summed E-state index contributed by atoms with van der Waals surface area (Å²) >= 11 is 1.25. The molecule has 2 nitrogen and oxygen atoms in total. The lowest BCUT2D eigenvalue weighted by Crippen LogP contribution is -2.12. The fourth-order valence-electron chi connectivity index (χ4n) is 2.60. The van der Waals surface area contributed by atoms with Crippen molar-refractivity contribution in [1.82, 2.24) is 4.98 Å². The Kier molecular flexibility index (Phi) is 2.97. The number of hydrogen-bond acceptors (Lipinski definition) is 3. The van der Waals surface area contributed by atoms with Crippen LogP contribution in [0.1, 0.15) is 34.9 Å². The Bertz CT molecular complexity index is 616. The average Bonchev–Trinajstić information content (AvgIpc) is 2.68. The van der Waals surface area contributed by atoms with Gasteiger partial charge < -0.3 is 5.73 Å². The van der Waals surface area contributed by atoms with Gasteiger partial charge in [0.25, 0.3) is 0 Å². The van der Waals surface area contributed by atoms with Gasteiger partial charge in [0.1, 0.15) is 17.5 Å². The highest BCUT2D eigenvalue weighted by atomic mass is 32.1. The first-order valence-corrected chi connectivity index (χ1v) is 6.77. The van der Waals surface area contributed by atoms with Crippen LogP contribution in [0.15, 0.2) is 12.1 Å². The molecule has 3 rings (SSSR count). The van der Waals surface area contributed by atoms with Crippen molar-refractivity contribution in [3.63, 3.8) is 0 Å². The van der Waals surface area contributed by atoms with E-state index in [-0.39, 0.29) is 5.56 Å². The number of benzene rings is 1. The van der Waals surface area contributed by atoms with E-state index in [1.54, 1.807) is 0 Å². The molecule has 1 aromatic heterocycles. The van der Waals surface area contributed by atoms with Gasteiger partial charge in [0.2, 0.25) is 0 Å². The summed E-state index contributed by atoms with van der Waals surface area (Å²) in [5.41, 5.74) is 6.39. The minimum Gasteiger partial charge on any atom is -0.375 e. The first-order valence-electron chi connectivity index (χ1n) is 5.95. The van der Waals surface area contributed by atoms with E-state index in [1.165, 1.54) is 11.3 Å². The maximum absolute atomic E-state index is 13.9. The molecule has 0 spiro atoms. The summed E-state index contributed by atoms with van der Waals surface area (Å²) in [5, 5.41) is 0.403. The van der Waals surface area contributed by atoms with Crippen LogP contribution in [0.4, 0.5) is 18.3 Å². The normalized spacial score (nSPS) is 18.4. The monoisotopic (exact) mass is 284 g/mol. The van der Waals surface area contributed by atoms with Crippen LogP contribution in [0, 0.1) is 17.5 Å². The highest BCUT2D eigenvalue weighted by Gasteiger charge is 2.30. The molecule has 6 heteroatoms. The van der Waals surface area contributed by atoms with Gasteiger partial charge in [-0.15, -0.1) is 11.3 Å². The molecule has 0 radical (unpaired) electrons. The van der Waals surface area contributed by atoms with Crippen molar-refractivity contribution in [2.75, 3.05) is 5.73 Å². The summed E-state index contributed by atoms with van der Waals surface area (Å²) in [6.07, 6.45) is 2.18. The first kappa shape index (κ1) is 12.5. The molecule has 0 bridgehead atoms. The van der Waals surface area contributed by atoms with Gasteiger partial charge in [0.05, 0.1) is 5.69 Å². The van der Waals surface area contributed by atoms with E-state index in [1.807, 2.05) is 0 Å². The molecule has 2 aromatic rings. The van der Waals surface area contributed by atoms with E-state index in [0.29, 0.717) is 11.6 Å². The van der Waals surface area contributed by atoms with Gasteiger partial charge in [0, 0.05) is 28.5 Å². The van der Waals surface area contributed by atoms with Gasteiger partial charge >= 0.3 is 0 Å². The zero-order valence-corrected chi connectivity index (χ0v) is 10.7. The van der Waals surface area contributed by atoms with Crippen LogP contribution in [0.2, 0.25) is 0 Å². The Morgan fingerprint density at radius 2 is 1.89 bits per heavy atom. The molecule has 0 amide bonds. The van der Waals surface area contributed by atoms with Gasteiger partial charge in [-0.1, -0.05) is 0 Å². The molecule has 1 unspecified atom stereocenters. The van der Waals surface area contributed by atoms with Crippen LogP contribution >= 0.6 is 11.3 Å². The molecule has 1 aliphatic carbocycles. The van der Waals surface area contributed by atoms with E-state index >= 15 is 0 Å². The zero-order chi connectivity index (χ0) is 13.6. The number of fused-ring (bicyclic) bond motifs is 1. The molecule has 1 aliphatic rings. The second kappa shape index (κ2) is 4.52. The second-order valence-corrected chi connectivity index (χ2v) is 5.65. The maximum Gasteiger partial charge on any atom is 0.180 e. The summed E-state index contributed by atoms with van der Waals surface area (Å²) in [6, 6.07) is 1.44. The van der Waals surface area contributed by atoms with Gasteiger partial charge in [-0.2, -0.15) is 0 Å². The molecule has 100 valence electrons. The van der Waals surface area contributed by atoms with Crippen molar-refractivity contribution in [2.24, 2.45) is 0 Å². The second-order valence-electron chi connectivity index (χ2n) is 4.59. The van der Waals surface area contributed by atoms with Gasteiger partial charge in [-0.05, 0) is 19.3 Å². The molecular weight excluding hydrogens is 273 g/mol. The summed E-state index contributed by atoms with van der Waals surface area (Å²) < 4.78 is 40.7. The SMILES string of the molecule is Nc1nc2c(s1)C(c1c(F)cc(F)cc1F)CCC2. The van der Waals surface area contributed by atoms with E-state index in [0.717, 1.165) is 35.5 Å². The first-order chi connectivity index (χ1) is 9.06. The van der Waals surface area contributed by atoms with Gasteiger partial charge in [-0.3, -0.25) is 0 Å². The smallest absolute Gasteiger partial charge is 0.180 e. The fourth-order valence-corrected chi connectivity index (χ4v) is 3.62. The zero-order valence-electron chi connectivity index (χ0n) is 9.92. The third kappa shape index (κ3) is 2.10. The van der Waals surface area contributed by atoms with Crippen LogP contribution in [0.3, 0.4) is 0 Å². The summed E-state index contributed by atoms with van der Waals surface area (Å²) in [5.74, 6) is -3.01. The molecule has 0 saturated carbocycles. The lowest BCUT2D eigenvalue weighted by atomic mass is 9.85. The quantitative estimate of drug-likeness (QED) is 0.868. The topological polar surface area (TPSA) is 38.9 Å². The number of nitrogen functional groups attached to an aromatic ring is 1. The van der Waals surface area contributed by atoms with Crippen LogP contribution in [0.5, 0.6) is 0 Å². The van der Waals surface area contributed by atoms with Gasteiger partial charge in [-0.25, -0.2) is 18.2 Å². The lowest BCUT2D eigenvalue weighted by Gasteiger charge is -2.22. The number of aryl methyl sites for hydroxylation is 1. The average molecular weight is 284 g/mol. The van der Waals surface area contributed by atoms with Crippen LogP contribution in [0.25, 0.3) is 0 Å². The number of aromatic nitrogens is 1. The number of hydrogen-bond donors (Lipinski definition) is 1. The molecule has 0 saturated heterocycles. The van der Waals surface area contributed by atoms with Crippen LogP contribution in [-0.2, 0) is 6.42 Å². The van der Waals surface area contributed by atoms with Crippen molar-refractivity contribution < 1.29 is 13.2 Å². The number of thiazole rings is 1. The largest absolute Gasteiger partial charge is 0.375 e. The third-order valence-electron chi connectivity index (χ3n) is 3.36. The Hall–Kier alpha value is -1.56. The fraction of sp³-hybridized carbons (Fsp3) is 0.308. The summed E-state index contributed by atoms with van der Waals surface area (Å²) in [7, 11) is 0. The highest BCUT2D eigenvalue weighted by Crippen LogP contribution is 2.42. The van der Waals surface area contributed by atoms with Crippen molar-refractivity contribution in [2.45, 2.75) is 25.2 Å². The van der Waals surface area contributed by atoms with E-state index in [4.69, 9.17) is 5.73 Å². The van der Waals surface area contributed by atoms with Crippen molar-refractivity contribution in [3.8, 4) is 0 Å². The Balaban J connectivity index is 2.14. The summed E-state index contributed by atoms with van der Waals surface area (Å²) in [6.45, 7) is 0. The number of nitrogens with zero attached hydrogens (tertiary/aromatic N) is 1. The molecule has 1 atom stereocenters. The molecule has 2 N–H and O–H groups in total. The number of nitrogens with two attached hydrogens (primary N) is 1. The van der Waals surface area contributed by atoms with Crippen LogP contribution in [-0.4, -0.2) is 4.98 Å². The minimum atomic E-state index is -0.904. The standard InChI is InChI=1S/C13H11F3N2S/c14-6-4-8(15)11(9(16)5-6)7-2-1-3-10-12(7)19-13(17)18-10/h4-5,7H,1-3H2,(H2,17,18). The molecule has 1 heterocycles. The van der Waals surface area contributed by atoms with E-state index < -0.39 is 23.4 Å². The van der Waals surface area contributed by atoms with Gasteiger partial charge in [0.15, 0.2) is 5.13 Å². The minimum absolute atomic E-state index is 0.0778. The Morgan fingerprint density at radius 1 is 1.21 bits per heavy atom. The Labute approximate surface area is 112 Å². The molecule has 0 fully saturated rings. The predicted molar refractivity (Wildman–Crippen MR) is 67.6 cm³/mol. The molecule has 19 heavy (non-hydrogen) atoms. The number of halogens is 3. The van der Waals surface area contributed by atoms with Crippen LogP contribution < -0.4 is 5.73 Å².